The molecule has 150 valence electrons. The molecule has 7 heteroatoms. The van der Waals surface area contributed by atoms with E-state index in [0.29, 0.717) is 0 Å². The Hall–Kier alpha value is -1.82. The van der Waals surface area contributed by atoms with Crippen LogP contribution >= 0.6 is 40.3 Å². The summed E-state index contributed by atoms with van der Waals surface area (Å²) in [4.78, 5) is 2.51. The molecule has 30 heavy (non-hydrogen) atoms. The SMILES string of the molecule is S=P(S)(Nc1ccc(-n2c(-c3cccs3)ccc2-c2cccs2)cc1)C1=CC=CC1. The van der Waals surface area contributed by atoms with Crippen LogP contribution in [0.5, 0.6) is 0 Å². The van der Waals surface area contributed by atoms with E-state index in [9.17, 15) is 0 Å². The Morgan fingerprint density at radius 1 is 0.900 bits per heavy atom. The third kappa shape index (κ3) is 3.91. The van der Waals surface area contributed by atoms with Crippen LogP contribution in [0.15, 0.2) is 95.0 Å². The second kappa shape index (κ2) is 8.37. The number of rotatable bonds is 6. The molecule has 0 spiro atoms. The van der Waals surface area contributed by atoms with Crippen molar-refractivity contribution in [2.45, 2.75) is 6.42 Å². The van der Waals surface area contributed by atoms with Gasteiger partial charge in [0.1, 0.15) is 5.39 Å². The van der Waals surface area contributed by atoms with Gasteiger partial charge in [0.25, 0.3) is 0 Å². The van der Waals surface area contributed by atoms with E-state index in [1.54, 1.807) is 22.7 Å². The number of thiol groups is 1. The largest absolute Gasteiger partial charge is 0.347 e. The molecule has 1 unspecified atom stereocenters. The molecule has 0 fully saturated rings. The van der Waals surface area contributed by atoms with Crippen molar-refractivity contribution in [3.63, 3.8) is 0 Å². The third-order valence-electron chi connectivity index (χ3n) is 4.98. The Bertz CT molecular complexity index is 1210. The maximum atomic E-state index is 5.80. The van der Waals surface area contributed by atoms with E-state index < -0.39 is 5.39 Å². The highest BCUT2D eigenvalue weighted by Crippen LogP contribution is 2.60. The fourth-order valence-corrected chi connectivity index (χ4v) is 7.82. The zero-order valence-corrected chi connectivity index (χ0v) is 20.2. The van der Waals surface area contributed by atoms with Crippen LogP contribution in [-0.4, -0.2) is 4.57 Å². The van der Waals surface area contributed by atoms with Crippen molar-refractivity contribution in [2.24, 2.45) is 0 Å². The highest BCUT2D eigenvalue weighted by Gasteiger charge is 2.19. The molecule has 1 aromatic carbocycles. The molecule has 1 aliphatic rings. The molecule has 3 aromatic heterocycles. The first-order chi connectivity index (χ1) is 14.6. The van der Waals surface area contributed by atoms with Crippen LogP contribution in [0.4, 0.5) is 5.69 Å². The summed E-state index contributed by atoms with van der Waals surface area (Å²) < 4.78 is 2.33. The fourth-order valence-electron chi connectivity index (χ4n) is 3.54. The maximum absolute atomic E-state index is 5.80. The molecular weight excluding hydrogens is 464 g/mol. The summed E-state index contributed by atoms with van der Waals surface area (Å²) in [6.45, 7) is 0. The van der Waals surface area contributed by atoms with Crippen LogP contribution in [0.25, 0.3) is 26.8 Å². The van der Waals surface area contributed by atoms with Gasteiger partial charge in [0, 0.05) is 11.4 Å². The van der Waals surface area contributed by atoms with Crippen LogP contribution in [-0.2, 0) is 11.8 Å². The fraction of sp³-hybridized carbons (Fsp3) is 0.0435. The average Bonchev–Trinajstić information content (AvgIpc) is 3.55. The van der Waals surface area contributed by atoms with Gasteiger partial charge >= 0.3 is 0 Å². The van der Waals surface area contributed by atoms with Gasteiger partial charge in [0.2, 0.25) is 0 Å². The van der Waals surface area contributed by atoms with E-state index >= 15 is 0 Å². The maximum Gasteiger partial charge on any atom is 0.109 e. The quantitative estimate of drug-likeness (QED) is 0.212. The molecule has 0 saturated heterocycles. The molecule has 0 saturated carbocycles. The predicted octanol–water partition coefficient (Wildman–Crippen LogP) is 8.43. The number of benzene rings is 1. The van der Waals surface area contributed by atoms with Gasteiger partial charge in [-0.25, -0.2) is 0 Å². The van der Waals surface area contributed by atoms with Crippen molar-refractivity contribution in [1.29, 1.82) is 0 Å². The van der Waals surface area contributed by atoms with E-state index in [1.807, 2.05) is 0 Å². The molecule has 1 aliphatic carbocycles. The number of hydrogen-bond donors (Lipinski definition) is 2. The van der Waals surface area contributed by atoms with Crippen LogP contribution in [0.1, 0.15) is 6.42 Å². The third-order valence-corrected chi connectivity index (χ3v) is 10.5. The lowest BCUT2D eigenvalue weighted by Crippen LogP contribution is -1.99. The summed E-state index contributed by atoms with van der Waals surface area (Å²) in [5.74, 6) is 0. The minimum Gasteiger partial charge on any atom is -0.347 e. The summed E-state index contributed by atoms with van der Waals surface area (Å²) in [6, 6.07) is 21.5. The van der Waals surface area contributed by atoms with Crippen molar-refractivity contribution in [2.75, 3.05) is 5.09 Å². The molecule has 3 heterocycles. The number of allylic oxidation sites excluding steroid dienone is 4. The molecule has 0 bridgehead atoms. The molecule has 2 nitrogen and oxygen atoms in total. The predicted molar refractivity (Wildman–Crippen MR) is 141 cm³/mol. The summed E-state index contributed by atoms with van der Waals surface area (Å²) in [7, 11) is 0. The first-order valence-electron chi connectivity index (χ1n) is 9.49. The minimum atomic E-state index is -2.06. The molecule has 0 radical (unpaired) electrons. The summed E-state index contributed by atoms with van der Waals surface area (Å²) in [5, 5.41) is 6.88. The molecule has 4 aromatic rings. The molecule has 1 atom stereocenters. The Morgan fingerprint density at radius 2 is 1.53 bits per heavy atom. The number of nitrogens with one attached hydrogen (secondary N) is 1. The molecule has 0 aliphatic heterocycles. The zero-order chi connectivity index (χ0) is 20.6. The van der Waals surface area contributed by atoms with Gasteiger partial charge in [-0.2, -0.15) is 0 Å². The number of hydrogen-bond acceptors (Lipinski definition) is 3. The monoisotopic (exact) mass is 482 g/mol. The van der Waals surface area contributed by atoms with Crippen LogP contribution in [0.3, 0.4) is 0 Å². The van der Waals surface area contributed by atoms with Crippen molar-refractivity contribution < 1.29 is 0 Å². The number of anilines is 1. The Morgan fingerprint density at radius 3 is 2.03 bits per heavy atom. The van der Waals surface area contributed by atoms with Crippen LogP contribution in [0, 0.1) is 0 Å². The normalized spacial score (nSPS) is 15.2. The molecular formula is C23H19N2PS4. The van der Waals surface area contributed by atoms with Gasteiger partial charge in [-0.3, -0.25) is 0 Å². The van der Waals surface area contributed by atoms with Crippen molar-refractivity contribution >= 4 is 57.8 Å². The van der Waals surface area contributed by atoms with Crippen molar-refractivity contribution in [1.82, 2.24) is 4.57 Å². The molecule has 5 rings (SSSR count). The van der Waals surface area contributed by atoms with Crippen molar-refractivity contribution in [3.05, 3.63) is 95.0 Å². The summed E-state index contributed by atoms with van der Waals surface area (Å²) >= 11 is 14.1. The number of aromatic nitrogens is 1. The van der Waals surface area contributed by atoms with Gasteiger partial charge < -0.3 is 9.65 Å². The number of nitrogens with zero attached hydrogens (tertiary/aromatic N) is 1. The van der Waals surface area contributed by atoms with E-state index in [0.717, 1.165) is 17.8 Å². The van der Waals surface area contributed by atoms with Crippen LogP contribution < -0.4 is 5.09 Å². The topological polar surface area (TPSA) is 17.0 Å². The second-order valence-electron chi connectivity index (χ2n) is 6.92. The standard InChI is InChI=1S/C23H19N2PS4/c27-26(28,19-5-1-2-6-19)24-17-9-11-18(12-10-17)25-20(22-7-3-15-29-22)13-14-21(25)23-8-4-16-30-23/h1-5,7-16H,6H2,(H2,24,27,28). The second-order valence-corrected chi connectivity index (χ2v) is 15.0. The Balaban J connectivity index is 1.51. The lowest BCUT2D eigenvalue weighted by molar-refractivity contribution is 1.10. The Labute approximate surface area is 194 Å². The highest BCUT2D eigenvalue weighted by atomic mass is 32.9. The zero-order valence-electron chi connectivity index (χ0n) is 15.9. The first kappa shape index (κ1) is 20.1. The van der Waals surface area contributed by atoms with Gasteiger partial charge in [-0.1, -0.05) is 42.2 Å². The van der Waals surface area contributed by atoms with E-state index in [4.69, 9.17) is 24.1 Å². The number of thiophene rings is 2. The van der Waals surface area contributed by atoms with Gasteiger partial charge in [-0.05, 0) is 71.0 Å². The van der Waals surface area contributed by atoms with E-state index in [-0.39, 0.29) is 0 Å². The van der Waals surface area contributed by atoms with Gasteiger partial charge in [0.15, 0.2) is 0 Å². The van der Waals surface area contributed by atoms with E-state index in [1.165, 1.54) is 26.5 Å². The van der Waals surface area contributed by atoms with Gasteiger partial charge in [-0.15, -0.1) is 34.9 Å². The summed E-state index contributed by atoms with van der Waals surface area (Å²) in [6.07, 6.45) is 7.17. The smallest absolute Gasteiger partial charge is 0.109 e. The van der Waals surface area contributed by atoms with Gasteiger partial charge in [0.05, 0.1) is 21.1 Å². The van der Waals surface area contributed by atoms with E-state index in [2.05, 4.69) is 99.3 Å². The summed E-state index contributed by atoms with van der Waals surface area (Å²) in [5.41, 5.74) is 4.55. The molecule has 1 N–H and O–H groups in total. The Kier molecular flexibility index (Phi) is 5.61. The lowest BCUT2D eigenvalue weighted by Gasteiger charge is -2.21. The average molecular weight is 483 g/mol. The first-order valence-corrected chi connectivity index (χ1v) is 15.2. The highest BCUT2D eigenvalue weighted by molar-refractivity contribution is 8.65. The van der Waals surface area contributed by atoms with Crippen LogP contribution in [0.2, 0.25) is 0 Å². The lowest BCUT2D eigenvalue weighted by atomic mass is 10.2. The minimum absolute atomic E-state index is 0.892. The van der Waals surface area contributed by atoms with Crippen molar-refractivity contribution in [3.8, 4) is 26.8 Å². The molecule has 0 amide bonds.